The minimum atomic E-state index is -0.482. The summed E-state index contributed by atoms with van der Waals surface area (Å²) in [6.45, 7) is 5.42. The lowest BCUT2D eigenvalue weighted by atomic mass is 10.2. The van der Waals surface area contributed by atoms with Crippen molar-refractivity contribution in [3.63, 3.8) is 0 Å². The molecule has 18 heavy (non-hydrogen) atoms. The van der Waals surface area contributed by atoms with E-state index in [0.29, 0.717) is 12.8 Å². The van der Waals surface area contributed by atoms with Crippen LogP contribution in [-0.2, 0) is 9.53 Å². The average Bonchev–Trinajstić information content (AvgIpc) is 2.28. The van der Waals surface area contributed by atoms with Crippen LogP contribution in [0.3, 0.4) is 0 Å². The summed E-state index contributed by atoms with van der Waals surface area (Å²) in [5, 5.41) is 0. The number of carbonyl (C=O) groups is 2. The van der Waals surface area contributed by atoms with Crippen molar-refractivity contribution in [2.45, 2.75) is 39.7 Å². The Bertz CT molecular complexity index is 424. The van der Waals surface area contributed by atoms with Crippen LogP contribution in [0.2, 0.25) is 0 Å². The van der Waals surface area contributed by atoms with Crippen LogP contribution < -0.4 is 4.74 Å². The fraction of sp³-hybridized carbons (Fsp3) is 0.429. The van der Waals surface area contributed by atoms with Gasteiger partial charge in [0.15, 0.2) is 0 Å². The summed E-state index contributed by atoms with van der Waals surface area (Å²) in [7, 11) is 0. The molecule has 4 nitrogen and oxygen atoms in total. The molecule has 1 rings (SSSR count). The zero-order valence-corrected chi connectivity index (χ0v) is 10.9. The smallest absolute Gasteiger partial charge is 0.342 e. The summed E-state index contributed by atoms with van der Waals surface area (Å²) in [5.74, 6) is -0.575. The van der Waals surface area contributed by atoms with Crippen molar-refractivity contribution in [1.82, 2.24) is 0 Å². The molecule has 0 aromatic heterocycles. The molecule has 0 spiro atoms. The number of ether oxygens (including phenoxy) is 2. The third kappa shape index (κ3) is 4.20. The molecular weight excluding hydrogens is 232 g/mol. The molecule has 0 atom stereocenters. The highest BCUT2D eigenvalue weighted by atomic mass is 16.6. The highest BCUT2D eigenvalue weighted by Gasteiger charge is 2.16. The van der Waals surface area contributed by atoms with E-state index in [0.717, 1.165) is 0 Å². The van der Waals surface area contributed by atoms with Crippen molar-refractivity contribution in [1.29, 1.82) is 0 Å². The Kier molecular flexibility index (Phi) is 5.36. The van der Waals surface area contributed by atoms with Crippen molar-refractivity contribution >= 4 is 11.9 Å². The van der Waals surface area contributed by atoms with E-state index >= 15 is 0 Å². The van der Waals surface area contributed by atoms with Gasteiger partial charge < -0.3 is 9.47 Å². The second kappa shape index (κ2) is 6.79. The van der Waals surface area contributed by atoms with Gasteiger partial charge in [0.25, 0.3) is 0 Å². The van der Waals surface area contributed by atoms with Crippen LogP contribution in [0.1, 0.15) is 44.0 Å². The molecule has 0 heterocycles. The fourth-order valence-corrected chi connectivity index (χ4v) is 1.38. The first-order chi connectivity index (χ1) is 8.54. The molecule has 1 aromatic rings. The zero-order valence-electron chi connectivity index (χ0n) is 10.9. The second-order valence-electron chi connectivity index (χ2n) is 4.17. The molecule has 0 aliphatic rings. The van der Waals surface area contributed by atoms with Gasteiger partial charge in [0, 0.05) is 6.42 Å². The molecule has 0 amide bonds. The van der Waals surface area contributed by atoms with Gasteiger partial charge in [-0.05, 0) is 32.4 Å². The first kappa shape index (κ1) is 14.2. The largest absolute Gasteiger partial charge is 0.459 e. The Balaban J connectivity index is 2.85. The van der Waals surface area contributed by atoms with Crippen molar-refractivity contribution < 1.29 is 19.1 Å². The van der Waals surface area contributed by atoms with Crippen LogP contribution in [-0.4, -0.2) is 18.0 Å². The highest BCUT2D eigenvalue weighted by Crippen LogP contribution is 2.20. The molecule has 0 unspecified atom stereocenters. The minimum absolute atomic E-state index is 0.211. The maximum Gasteiger partial charge on any atom is 0.342 e. The van der Waals surface area contributed by atoms with Gasteiger partial charge in [0.2, 0.25) is 0 Å². The van der Waals surface area contributed by atoms with E-state index in [1.165, 1.54) is 0 Å². The number of carbonyl (C=O) groups excluding carboxylic acids is 2. The maximum absolute atomic E-state index is 11.8. The molecule has 0 bridgehead atoms. The lowest BCUT2D eigenvalue weighted by Gasteiger charge is -2.11. The topological polar surface area (TPSA) is 52.6 Å². The fourth-order valence-electron chi connectivity index (χ4n) is 1.38. The number of hydrogen-bond acceptors (Lipinski definition) is 4. The Morgan fingerprint density at radius 3 is 2.50 bits per heavy atom. The van der Waals surface area contributed by atoms with Crippen LogP contribution in [0.5, 0.6) is 5.75 Å². The molecule has 0 aliphatic heterocycles. The average molecular weight is 250 g/mol. The van der Waals surface area contributed by atoms with Gasteiger partial charge in [-0.25, -0.2) is 4.79 Å². The van der Waals surface area contributed by atoms with Gasteiger partial charge in [0.1, 0.15) is 11.3 Å². The third-order valence-corrected chi connectivity index (χ3v) is 2.13. The Morgan fingerprint density at radius 1 is 1.22 bits per heavy atom. The molecule has 0 fully saturated rings. The van der Waals surface area contributed by atoms with E-state index in [9.17, 15) is 9.59 Å². The molecule has 0 radical (unpaired) electrons. The standard InChI is InChI=1S/C14H18O4/c1-4-7-13(15)18-12-9-6-5-8-11(12)14(16)17-10(2)3/h5-6,8-10H,4,7H2,1-3H3. The number of benzene rings is 1. The van der Waals surface area contributed by atoms with Crippen molar-refractivity contribution in [3.8, 4) is 5.75 Å². The number of esters is 2. The molecule has 0 N–H and O–H groups in total. The summed E-state index contributed by atoms with van der Waals surface area (Å²) < 4.78 is 10.2. The van der Waals surface area contributed by atoms with Gasteiger partial charge in [-0.3, -0.25) is 4.79 Å². The zero-order chi connectivity index (χ0) is 13.5. The first-order valence-corrected chi connectivity index (χ1v) is 6.05. The SMILES string of the molecule is CCCC(=O)Oc1ccccc1C(=O)OC(C)C. The predicted octanol–water partition coefficient (Wildman–Crippen LogP) is 2.96. The lowest BCUT2D eigenvalue weighted by molar-refractivity contribution is -0.134. The molecule has 1 aromatic carbocycles. The number of rotatable bonds is 5. The Hall–Kier alpha value is -1.84. The van der Waals surface area contributed by atoms with Crippen molar-refractivity contribution in [3.05, 3.63) is 29.8 Å². The molecule has 0 aliphatic carbocycles. The first-order valence-electron chi connectivity index (χ1n) is 6.05. The van der Waals surface area contributed by atoms with Crippen LogP contribution in [0.15, 0.2) is 24.3 Å². The molecule has 4 heteroatoms. The summed E-state index contributed by atoms with van der Waals surface area (Å²) in [6.07, 6.45) is 0.822. The van der Waals surface area contributed by atoms with Gasteiger partial charge in [-0.1, -0.05) is 19.1 Å². The van der Waals surface area contributed by atoms with Gasteiger partial charge >= 0.3 is 11.9 Å². The quantitative estimate of drug-likeness (QED) is 0.595. The van der Waals surface area contributed by atoms with Gasteiger partial charge in [-0.2, -0.15) is 0 Å². The molecule has 0 saturated heterocycles. The van der Waals surface area contributed by atoms with Crippen LogP contribution in [0.25, 0.3) is 0 Å². The minimum Gasteiger partial charge on any atom is -0.459 e. The van der Waals surface area contributed by atoms with E-state index in [1.54, 1.807) is 38.1 Å². The normalized spacial score (nSPS) is 10.2. The van der Waals surface area contributed by atoms with E-state index < -0.39 is 5.97 Å². The van der Waals surface area contributed by atoms with E-state index in [1.807, 2.05) is 6.92 Å². The summed E-state index contributed by atoms with van der Waals surface area (Å²) in [5.41, 5.74) is 0.274. The summed E-state index contributed by atoms with van der Waals surface area (Å²) >= 11 is 0. The van der Waals surface area contributed by atoms with Gasteiger partial charge in [0.05, 0.1) is 6.10 Å². The van der Waals surface area contributed by atoms with E-state index in [-0.39, 0.29) is 23.4 Å². The van der Waals surface area contributed by atoms with Crippen LogP contribution >= 0.6 is 0 Å². The van der Waals surface area contributed by atoms with Crippen molar-refractivity contribution in [2.24, 2.45) is 0 Å². The number of hydrogen-bond donors (Lipinski definition) is 0. The monoisotopic (exact) mass is 250 g/mol. The maximum atomic E-state index is 11.8. The third-order valence-electron chi connectivity index (χ3n) is 2.13. The number of para-hydroxylation sites is 1. The van der Waals surface area contributed by atoms with Crippen LogP contribution in [0, 0.1) is 0 Å². The second-order valence-corrected chi connectivity index (χ2v) is 4.17. The summed E-state index contributed by atoms with van der Waals surface area (Å²) in [6, 6.07) is 6.58. The Labute approximate surface area is 107 Å². The molecule has 0 saturated carbocycles. The highest BCUT2D eigenvalue weighted by molar-refractivity contribution is 5.93. The Morgan fingerprint density at radius 2 is 1.89 bits per heavy atom. The predicted molar refractivity (Wildman–Crippen MR) is 67.5 cm³/mol. The molecule has 98 valence electrons. The van der Waals surface area contributed by atoms with Gasteiger partial charge in [-0.15, -0.1) is 0 Å². The van der Waals surface area contributed by atoms with E-state index in [2.05, 4.69) is 0 Å². The summed E-state index contributed by atoms with van der Waals surface area (Å²) in [4.78, 5) is 23.2. The molecular formula is C14H18O4. The van der Waals surface area contributed by atoms with Crippen molar-refractivity contribution in [2.75, 3.05) is 0 Å². The van der Waals surface area contributed by atoms with E-state index in [4.69, 9.17) is 9.47 Å². The van der Waals surface area contributed by atoms with Crippen LogP contribution in [0.4, 0.5) is 0 Å². The lowest BCUT2D eigenvalue weighted by Crippen LogP contribution is -2.15.